The zero-order valence-electron chi connectivity index (χ0n) is 8.19. The van der Waals surface area contributed by atoms with E-state index in [1.807, 2.05) is 6.07 Å². The van der Waals surface area contributed by atoms with E-state index in [1.54, 1.807) is 12.1 Å². The molecule has 0 aromatic heterocycles. The van der Waals surface area contributed by atoms with Gasteiger partial charge in [0.25, 0.3) is 5.69 Å². The van der Waals surface area contributed by atoms with Crippen molar-refractivity contribution in [2.24, 2.45) is 5.73 Å². The van der Waals surface area contributed by atoms with Crippen molar-refractivity contribution in [3.05, 3.63) is 39.4 Å². The normalized spacial score (nSPS) is 12.7. The fourth-order valence-electron chi connectivity index (χ4n) is 1.67. The van der Waals surface area contributed by atoms with Crippen LogP contribution in [0.25, 0.3) is 0 Å². The Morgan fingerprint density at radius 1 is 1.29 bits per heavy atom. The molecule has 0 spiro atoms. The van der Waals surface area contributed by atoms with Gasteiger partial charge in [0.2, 0.25) is 0 Å². The van der Waals surface area contributed by atoms with Gasteiger partial charge in [0.05, 0.1) is 4.92 Å². The molecule has 0 aliphatic heterocycles. The van der Waals surface area contributed by atoms with Crippen molar-refractivity contribution >= 4 is 5.69 Å². The largest absolute Gasteiger partial charge is 0.333 e. The van der Waals surface area contributed by atoms with Crippen LogP contribution in [0.15, 0.2) is 18.2 Å². The molecule has 0 unspecified atom stereocenters. The van der Waals surface area contributed by atoms with E-state index < -0.39 is 0 Å². The van der Waals surface area contributed by atoms with Gasteiger partial charge in [-0.25, -0.2) is 0 Å². The molecule has 0 saturated heterocycles. The van der Waals surface area contributed by atoms with E-state index in [9.17, 15) is 10.1 Å². The molecule has 0 saturated carbocycles. The van der Waals surface area contributed by atoms with Crippen molar-refractivity contribution in [2.75, 3.05) is 7.05 Å². The number of rotatable bonds is 1. The molecule has 2 N–H and O–H groups in total. The summed E-state index contributed by atoms with van der Waals surface area (Å²) in [6, 6.07) is 5.16. The van der Waals surface area contributed by atoms with Crippen molar-refractivity contribution in [1.82, 2.24) is 0 Å². The summed E-state index contributed by atoms with van der Waals surface area (Å²) < 4.78 is 0. The number of non-ortho nitro benzene ring substituents is 1. The van der Waals surface area contributed by atoms with Crippen molar-refractivity contribution in [1.29, 1.82) is 0 Å². The van der Waals surface area contributed by atoms with Crippen molar-refractivity contribution in [3.8, 4) is 0 Å². The van der Waals surface area contributed by atoms with Gasteiger partial charge in [0.15, 0.2) is 0 Å². The van der Waals surface area contributed by atoms with Crippen LogP contribution in [0, 0.1) is 10.1 Å². The van der Waals surface area contributed by atoms with Crippen LogP contribution in [0.1, 0.15) is 17.5 Å². The number of hydrogen-bond donors (Lipinski definition) is 1. The molecule has 0 amide bonds. The molecule has 0 radical (unpaired) electrons. The second-order valence-corrected chi connectivity index (χ2v) is 3.06. The molecular formula is C10H14N2O2. The van der Waals surface area contributed by atoms with Gasteiger partial charge in [-0.05, 0) is 37.4 Å². The quantitative estimate of drug-likeness (QED) is 0.546. The highest BCUT2D eigenvalue weighted by molar-refractivity contribution is 5.41. The predicted molar refractivity (Wildman–Crippen MR) is 55.2 cm³/mol. The molecule has 1 aromatic carbocycles. The lowest BCUT2D eigenvalue weighted by atomic mass is 10.1. The SMILES string of the molecule is CN.O=[N+]([O-])c1ccc2c(c1)CCC2. The highest BCUT2D eigenvalue weighted by atomic mass is 16.6. The Labute approximate surface area is 82.9 Å². The van der Waals surface area contributed by atoms with E-state index in [1.165, 1.54) is 12.6 Å². The van der Waals surface area contributed by atoms with Crippen molar-refractivity contribution in [3.63, 3.8) is 0 Å². The average Bonchev–Trinajstić information content (AvgIpc) is 2.67. The molecule has 0 bridgehead atoms. The Morgan fingerprint density at radius 2 is 1.93 bits per heavy atom. The number of nitrogens with zero attached hydrogens (tertiary/aromatic N) is 1. The summed E-state index contributed by atoms with van der Waals surface area (Å²) in [6.07, 6.45) is 3.21. The van der Waals surface area contributed by atoms with Crippen LogP contribution in [0.5, 0.6) is 0 Å². The van der Waals surface area contributed by atoms with E-state index in [-0.39, 0.29) is 10.6 Å². The molecule has 76 valence electrons. The minimum atomic E-state index is -0.335. The zero-order valence-corrected chi connectivity index (χ0v) is 8.19. The second-order valence-electron chi connectivity index (χ2n) is 3.06. The molecule has 14 heavy (non-hydrogen) atoms. The van der Waals surface area contributed by atoms with Gasteiger partial charge in [0.1, 0.15) is 0 Å². The summed E-state index contributed by atoms with van der Waals surface area (Å²) in [5, 5.41) is 10.4. The molecule has 4 nitrogen and oxygen atoms in total. The van der Waals surface area contributed by atoms with Gasteiger partial charge < -0.3 is 5.73 Å². The molecule has 0 fully saturated rings. The fourth-order valence-corrected chi connectivity index (χ4v) is 1.67. The maximum Gasteiger partial charge on any atom is 0.269 e. The molecule has 1 aromatic rings. The Kier molecular flexibility index (Phi) is 3.59. The number of aryl methyl sites for hydroxylation is 2. The standard InChI is InChI=1S/C9H9NO2.CH5N/c11-10(12)9-5-4-7-2-1-3-8(7)6-9;1-2/h4-6H,1-3H2;2H2,1H3. The van der Waals surface area contributed by atoms with E-state index in [0.29, 0.717) is 0 Å². The monoisotopic (exact) mass is 194 g/mol. The molecule has 0 atom stereocenters. The van der Waals surface area contributed by atoms with Crippen LogP contribution in [0.2, 0.25) is 0 Å². The first-order valence-corrected chi connectivity index (χ1v) is 4.61. The number of nitrogens with two attached hydrogens (primary N) is 1. The number of nitro groups is 1. The lowest BCUT2D eigenvalue weighted by Gasteiger charge is -1.96. The van der Waals surface area contributed by atoms with Gasteiger partial charge in [-0.3, -0.25) is 10.1 Å². The van der Waals surface area contributed by atoms with Gasteiger partial charge in [-0.2, -0.15) is 0 Å². The van der Waals surface area contributed by atoms with E-state index in [0.717, 1.165) is 24.8 Å². The minimum Gasteiger partial charge on any atom is -0.333 e. The topological polar surface area (TPSA) is 69.2 Å². The third-order valence-corrected chi connectivity index (χ3v) is 2.29. The average molecular weight is 194 g/mol. The van der Waals surface area contributed by atoms with Crippen LogP contribution < -0.4 is 5.73 Å². The summed E-state index contributed by atoms with van der Waals surface area (Å²) in [7, 11) is 1.50. The van der Waals surface area contributed by atoms with Crippen molar-refractivity contribution < 1.29 is 4.92 Å². The first kappa shape index (κ1) is 10.7. The third-order valence-electron chi connectivity index (χ3n) is 2.29. The van der Waals surface area contributed by atoms with Gasteiger partial charge in [0, 0.05) is 12.1 Å². The Balaban J connectivity index is 0.000000461. The molecule has 1 aliphatic carbocycles. The second kappa shape index (κ2) is 4.72. The Bertz CT molecular complexity index is 337. The highest BCUT2D eigenvalue weighted by Gasteiger charge is 2.14. The number of benzene rings is 1. The van der Waals surface area contributed by atoms with Crippen LogP contribution in [0.3, 0.4) is 0 Å². The first-order valence-electron chi connectivity index (χ1n) is 4.61. The lowest BCUT2D eigenvalue weighted by molar-refractivity contribution is -0.384. The smallest absolute Gasteiger partial charge is 0.269 e. The van der Waals surface area contributed by atoms with E-state index >= 15 is 0 Å². The fraction of sp³-hybridized carbons (Fsp3) is 0.400. The summed E-state index contributed by atoms with van der Waals surface area (Å²) in [5.74, 6) is 0. The number of hydrogen-bond acceptors (Lipinski definition) is 3. The summed E-state index contributed by atoms with van der Waals surface area (Å²) in [5.41, 5.74) is 7.15. The van der Waals surface area contributed by atoms with Crippen LogP contribution in [-0.4, -0.2) is 12.0 Å². The number of fused-ring (bicyclic) bond motifs is 1. The van der Waals surface area contributed by atoms with Crippen LogP contribution >= 0.6 is 0 Å². The molecular weight excluding hydrogens is 180 g/mol. The van der Waals surface area contributed by atoms with Crippen LogP contribution in [0.4, 0.5) is 5.69 Å². The number of nitro benzene ring substituents is 1. The van der Waals surface area contributed by atoms with Gasteiger partial charge in [-0.15, -0.1) is 0 Å². The van der Waals surface area contributed by atoms with Gasteiger partial charge >= 0.3 is 0 Å². The molecule has 4 heteroatoms. The third kappa shape index (κ3) is 2.09. The maximum atomic E-state index is 10.4. The Hall–Kier alpha value is -1.42. The highest BCUT2D eigenvalue weighted by Crippen LogP contribution is 2.25. The van der Waals surface area contributed by atoms with Gasteiger partial charge in [-0.1, -0.05) is 6.07 Å². The summed E-state index contributed by atoms with van der Waals surface area (Å²) >= 11 is 0. The molecule has 1 aliphatic rings. The lowest BCUT2D eigenvalue weighted by Crippen LogP contribution is -1.89. The maximum absolute atomic E-state index is 10.4. The van der Waals surface area contributed by atoms with Crippen molar-refractivity contribution in [2.45, 2.75) is 19.3 Å². The predicted octanol–water partition coefficient (Wildman–Crippen LogP) is 1.66. The minimum absolute atomic E-state index is 0.218. The first-order chi connectivity index (χ1) is 6.77. The van der Waals surface area contributed by atoms with E-state index in [2.05, 4.69) is 5.73 Å². The summed E-state index contributed by atoms with van der Waals surface area (Å²) in [6.45, 7) is 0. The van der Waals surface area contributed by atoms with E-state index in [4.69, 9.17) is 0 Å². The molecule has 0 heterocycles. The zero-order chi connectivity index (χ0) is 10.6. The summed E-state index contributed by atoms with van der Waals surface area (Å²) in [4.78, 5) is 10.1. The molecule has 2 rings (SSSR count). The van der Waals surface area contributed by atoms with Crippen LogP contribution in [-0.2, 0) is 12.8 Å². The Morgan fingerprint density at radius 3 is 2.57 bits per heavy atom.